The van der Waals surface area contributed by atoms with Gasteiger partial charge in [-0.2, -0.15) is 0 Å². The van der Waals surface area contributed by atoms with E-state index in [1.165, 1.54) is 19.3 Å². The Morgan fingerprint density at radius 2 is 2.06 bits per heavy atom. The van der Waals surface area contributed by atoms with Crippen molar-refractivity contribution in [2.75, 3.05) is 19.7 Å². The summed E-state index contributed by atoms with van der Waals surface area (Å²) in [5, 5.41) is 2.99. The Bertz CT molecular complexity index is 210. The molecule has 18 heavy (non-hydrogen) atoms. The van der Waals surface area contributed by atoms with Gasteiger partial charge in [0.15, 0.2) is 0 Å². The second-order valence-electron chi connectivity index (χ2n) is 4.74. The van der Waals surface area contributed by atoms with Gasteiger partial charge in [-0.05, 0) is 19.3 Å². The van der Waals surface area contributed by atoms with Gasteiger partial charge in [-0.3, -0.25) is 4.79 Å². The third-order valence-corrected chi connectivity index (χ3v) is 3.21. The van der Waals surface area contributed by atoms with Crippen molar-refractivity contribution in [1.82, 2.24) is 5.32 Å². The number of unbranched alkanes of at least 4 members (excludes halogenated alkanes) is 1. The molecule has 0 radical (unpaired) electrons. The van der Waals surface area contributed by atoms with Crippen LogP contribution in [0.2, 0.25) is 0 Å². The van der Waals surface area contributed by atoms with E-state index in [2.05, 4.69) is 19.2 Å². The zero-order valence-corrected chi connectivity index (χ0v) is 12.2. The first-order valence-corrected chi connectivity index (χ1v) is 7.26. The third-order valence-electron chi connectivity index (χ3n) is 3.21. The molecule has 1 amide bonds. The topological polar surface area (TPSA) is 64.4 Å². The molecular formula is C14H30N2O2. The molecule has 0 aromatic heterocycles. The van der Waals surface area contributed by atoms with Crippen LogP contribution >= 0.6 is 0 Å². The maximum Gasteiger partial charge on any atom is 0.222 e. The van der Waals surface area contributed by atoms with Gasteiger partial charge in [-0.1, -0.05) is 33.1 Å². The molecule has 0 aliphatic heterocycles. The van der Waals surface area contributed by atoms with Crippen LogP contribution in [-0.4, -0.2) is 31.7 Å². The number of ether oxygens (including phenoxy) is 1. The summed E-state index contributed by atoms with van der Waals surface area (Å²) >= 11 is 0. The van der Waals surface area contributed by atoms with Crippen LogP contribution < -0.4 is 11.1 Å². The summed E-state index contributed by atoms with van der Waals surface area (Å²) in [6, 6.07) is 0. The number of hydrogen-bond donors (Lipinski definition) is 2. The van der Waals surface area contributed by atoms with Crippen LogP contribution in [0.15, 0.2) is 0 Å². The lowest BCUT2D eigenvalue weighted by atomic mass is 9.99. The molecule has 2 atom stereocenters. The molecule has 4 heteroatoms. The largest absolute Gasteiger partial charge is 0.377 e. The minimum atomic E-state index is -0.147. The molecule has 0 saturated heterocycles. The fourth-order valence-corrected chi connectivity index (χ4v) is 1.93. The number of hydrogen-bond acceptors (Lipinski definition) is 3. The van der Waals surface area contributed by atoms with Crippen molar-refractivity contribution in [2.24, 2.45) is 11.7 Å². The molecule has 0 spiro atoms. The number of nitrogens with two attached hydrogens (primary N) is 1. The van der Waals surface area contributed by atoms with Gasteiger partial charge in [-0.25, -0.2) is 0 Å². The zero-order chi connectivity index (χ0) is 13.8. The van der Waals surface area contributed by atoms with Crippen molar-refractivity contribution < 1.29 is 9.53 Å². The van der Waals surface area contributed by atoms with Gasteiger partial charge in [0.1, 0.15) is 0 Å². The van der Waals surface area contributed by atoms with E-state index in [0.29, 0.717) is 25.5 Å². The quantitative estimate of drug-likeness (QED) is 0.596. The second-order valence-corrected chi connectivity index (χ2v) is 4.74. The standard InChI is InChI=1S/C14H30N2O2/c1-4-7-8-12(5-2)11-16-14(17)9-13(10-15)18-6-3/h12-13H,4-11,15H2,1-3H3,(H,16,17). The predicted molar refractivity (Wildman–Crippen MR) is 75.4 cm³/mol. The van der Waals surface area contributed by atoms with Gasteiger partial charge in [0.2, 0.25) is 5.91 Å². The highest BCUT2D eigenvalue weighted by Crippen LogP contribution is 2.11. The number of carbonyl (C=O) groups excluding carboxylic acids is 1. The van der Waals surface area contributed by atoms with Gasteiger partial charge in [0.25, 0.3) is 0 Å². The van der Waals surface area contributed by atoms with Crippen LogP contribution in [0.1, 0.15) is 52.9 Å². The molecule has 0 bridgehead atoms. The van der Waals surface area contributed by atoms with Gasteiger partial charge in [0.05, 0.1) is 12.5 Å². The molecule has 0 heterocycles. The van der Waals surface area contributed by atoms with E-state index in [9.17, 15) is 4.79 Å². The lowest BCUT2D eigenvalue weighted by molar-refractivity contribution is -0.123. The lowest BCUT2D eigenvalue weighted by Crippen LogP contribution is -2.35. The second kappa shape index (κ2) is 11.5. The maximum atomic E-state index is 11.7. The van der Waals surface area contributed by atoms with E-state index in [-0.39, 0.29) is 12.0 Å². The average Bonchev–Trinajstić information content (AvgIpc) is 2.38. The van der Waals surface area contributed by atoms with Gasteiger partial charge >= 0.3 is 0 Å². The van der Waals surface area contributed by atoms with Crippen LogP contribution in [0, 0.1) is 5.92 Å². The Labute approximate surface area is 112 Å². The summed E-state index contributed by atoms with van der Waals surface area (Å²) in [5.74, 6) is 0.645. The molecule has 0 aliphatic rings. The van der Waals surface area contributed by atoms with Crippen molar-refractivity contribution in [3.63, 3.8) is 0 Å². The van der Waals surface area contributed by atoms with E-state index < -0.39 is 0 Å². The van der Waals surface area contributed by atoms with E-state index >= 15 is 0 Å². The lowest BCUT2D eigenvalue weighted by Gasteiger charge is -2.17. The van der Waals surface area contributed by atoms with Crippen LogP contribution in [-0.2, 0) is 9.53 Å². The van der Waals surface area contributed by atoms with E-state index in [4.69, 9.17) is 10.5 Å². The monoisotopic (exact) mass is 258 g/mol. The molecule has 2 unspecified atom stereocenters. The van der Waals surface area contributed by atoms with E-state index in [1.54, 1.807) is 0 Å². The van der Waals surface area contributed by atoms with Crippen molar-refractivity contribution >= 4 is 5.91 Å². The molecule has 3 N–H and O–H groups in total. The molecule has 0 fully saturated rings. The Hall–Kier alpha value is -0.610. The van der Waals surface area contributed by atoms with Crippen LogP contribution in [0.25, 0.3) is 0 Å². The molecule has 0 aliphatic carbocycles. The Morgan fingerprint density at radius 1 is 1.33 bits per heavy atom. The number of amides is 1. The Balaban J connectivity index is 3.85. The van der Waals surface area contributed by atoms with Gasteiger partial charge in [0, 0.05) is 19.7 Å². The van der Waals surface area contributed by atoms with Crippen molar-refractivity contribution in [3.05, 3.63) is 0 Å². The molecule has 0 aromatic rings. The molecule has 4 nitrogen and oxygen atoms in total. The number of rotatable bonds is 11. The first kappa shape index (κ1) is 17.4. The van der Waals surface area contributed by atoms with Crippen LogP contribution in [0.5, 0.6) is 0 Å². The first-order chi connectivity index (χ1) is 8.67. The minimum Gasteiger partial charge on any atom is -0.377 e. The van der Waals surface area contributed by atoms with Crippen LogP contribution in [0.3, 0.4) is 0 Å². The fraction of sp³-hybridized carbons (Fsp3) is 0.929. The normalized spacial score (nSPS) is 14.2. The highest BCUT2D eigenvalue weighted by Gasteiger charge is 2.13. The summed E-state index contributed by atoms with van der Waals surface area (Å²) in [4.78, 5) is 11.7. The first-order valence-electron chi connectivity index (χ1n) is 7.26. The van der Waals surface area contributed by atoms with E-state index in [1.807, 2.05) is 6.92 Å². The SMILES string of the molecule is CCCCC(CC)CNC(=O)CC(CN)OCC. The summed E-state index contributed by atoms with van der Waals surface area (Å²) in [5.41, 5.74) is 5.55. The number of carbonyl (C=O) groups is 1. The maximum absolute atomic E-state index is 11.7. The van der Waals surface area contributed by atoms with Gasteiger partial charge < -0.3 is 15.8 Å². The van der Waals surface area contributed by atoms with Gasteiger partial charge in [-0.15, -0.1) is 0 Å². The van der Waals surface area contributed by atoms with E-state index in [0.717, 1.165) is 13.0 Å². The third kappa shape index (κ3) is 8.48. The molecule has 0 rings (SSSR count). The molecule has 0 aromatic carbocycles. The zero-order valence-electron chi connectivity index (χ0n) is 12.2. The molecule has 108 valence electrons. The average molecular weight is 258 g/mol. The Morgan fingerprint density at radius 3 is 2.56 bits per heavy atom. The fourth-order valence-electron chi connectivity index (χ4n) is 1.93. The summed E-state index contributed by atoms with van der Waals surface area (Å²) in [6.45, 7) is 8.06. The van der Waals surface area contributed by atoms with Crippen molar-refractivity contribution in [1.29, 1.82) is 0 Å². The van der Waals surface area contributed by atoms with Crippen molar-refractivity contribution in [2.45, 2.75) is 59.0 Å². The highest BCUT2D eigenvalue weighted by atomic mass is 16.5. The van der Waals surface area contributed by atoms with Crippen LogP contribution in [0.4, 0.5) is 0 Å². The minimum absolute atomic E-state index is 0.0499. The summed E-state index contributed by atoms with van der Waals surface area (Å²) in [6.07, 6.45) is 4.98. The smallest absolute Gasteiger partial charge is 0.222 e. The summed E-state index contributed by atoms with van der Waals surface area (Å²) < 4.78 is 5.37. The van der Waals surface area contributed by atoms with Crippen molar-refractivity contribution in [3.8, 4) is 0 Å². The molecular weight excluding hydrogens is 228 g/mol. The summed E-state index contributed by atoms with van der Waals surface area (Å²) in [7, 11) is 0. The highest BCUT2D eigenvalue weighted by molar-refractivity contribution is 5.76. The predicted octanol–water partition coefficient (Wildman–Crippen LogP) is 2.07. The number of nitrogens with one attached hydrogen (secondary N) is 1. The Kier molecular flexibility index (Phi) is 11.1. The molecule has 0 saturated carbocycles.